The van der Waals surface area contributed by atoms with Gasteiger partial charge in [-0.2, -0.15) is 13.2 Å². The molecule has 0 atom stereocenters. The molecule has 0 unspecified atom stereocenters. The topological polar surface area (TPSA) is 59.8 Å². The minimum Gasteiger partial charge on any atom is -0.345 e. The third-order valence-electron chi connectivity index (χ3n) is 4.32. The zero-order valence-corrected chi connectivity index (χ0v) is 17.1. The number of pyridine rings is 2. The number of alkyl halides is 3. The summed E-state index contributed by atoms with van der Waals surface area (Å²) in [7, 11) is 0. The Morgan fingerprint density at radius 1 is 1.20 bits per heavy atom. The van der Waals surface area contributed by atoms with E-state index in [-0.39, 0.29) is 23.1 Å². The van der Waals surface area contributed by atoms with Crippen LogP contribution in [-0.4, -0.2) is 20.4 Å². The molecule has 5 nitrogen and oxygen atoms in total. The molecule has 3 rings (SSSR count). The van der Waals surface area contributed by atoms with Gasteiger partial charge in [0.15, 0.2) is 5.82 Å². The Hall–Kier alpha value is -2.87. The lowest BCUT2D eigenvalue weighted by molar-refractivity contribution is -0.137. The number of amides is 1. The van der Waals surface area contributed by atoms with E-state index in [4.69, 9.17) is 11.6 Å². The molecule has 0 aromatic carbocycles. The molecule has 0 fully saturated rings. The van der Waals surface area contributed by atoms with Crippen molar-refractivity contribution < 1.29 is 18.0 Å². The molecule has 30 heavy (non-hydrogen) atoms. The van der Waals surface area contributed by atoms with Gasteiger partial charge < -0.3 is 5.32 Å². The summed E-state index contributed by atoms with van der Waals surface area (Å²) in [6.45, 7) is 4.46. The summed E-state index contributed by atoms with van der Waals surface area (Å²) in [6, 6.07) is 7.73. The monoisotopic (exact) mass is 436 g/mol. The van der Waals surface area contributed by atoms with E-state index in [1.165, 1.54) is 16.8 Å². The first-order valence-electron chi connectivity index (χ1n) is 9.27. The minimum absolute atomic E-state index is 0.0379. The van der Waals surface area contributed by atoms with Crippen molar-refractivity contribution >= 4 is 17.5 Å². The zero-order chi connectivity index (χ0) is 21.9. The van der Waals surface area contributed by atoms with Gasteiger partial charge in [-0.25, -0.2) is 4.98 Å². The minimum atomic E-state index is -4.55. The summed E-state index contributed by atoms with van der Waals surface area (Å²) in [6.07, 6.45) is 0.356. The summed E-state index contributed by atoms with van der Waals surface area (Å²) in [5, 5.41) is 2.54. The van der Waals surface area contributed by atoms with E-state index in [1.54, 1.807) is 12.3 Å². The number of aromatic nitrogens is 3. The van der Waals surface area contributed by atoms with E-state index in [0.717, 1.165) is 18.1 Å². The van der Waals surface area contributed by atoms with Gasteiger partial charge in [0.05, 0.1) is 22.8 Å². The van der Waals surface area contributed by atoms with Crippen molar-refractivity contribution in [2.45, 2.75) is 33.0 Å². The van der Waals surface area contributed by atoms with E-state index in [1.807, 2.05) is 12.1 Å². The maximum atomic E-state index is 12.8. The smallest absolute Gasteiger partial charge is 0.345 e. The molecule has 3 aromatic heterocycles. The van der Waals surface area contributed by atoms with Crippen molar-refractivity contribution in [1.82, 2.24) is 19.9 Å². The van der Waals surface area contributed by atoms with Crippen molar-refractivity contribution in [3.05, 3.63) is 76.5 Å². The average molecular weight is 437 g/mol. The first-order valence-corrected chi connectivity index (χ1v) is 9.65. The highest BCUT2D eigenvalue weighted by atomic mass is 35.5. The summed E-state index contributed by atoms with van der Waals surface area (Å²) < 4.78 is 39.8. The molecule has 0 aliphatic heterocycles. The van der Waals surface area contributed by atoms with Crippen LogP contribution in [-0.2, 0) is 19.1 Å². The number of hydrogen-bond donors (Lipinski definition) is 1. The van der Waals surface area contributed by atoms with Crippen LogP contribution in [0.15, 0.2) is 48.9 Å². The van der Waals surface area contributed by atoms with Gasteiger partial charge >= 0.3 is 6.18 Å². The van der Waals surface area contributed by atoms with E-state index >= 15 is 0 Å². The highest BCUT2D eigenvalue weighted by molar-refractivity contribution is 6.32. The zero-order valence-electron chi connectivity index (χ0n) is 16.4. The highest BCUT2D eigenvalue weighted by Crippen LogP contribution is 2.32. The van der Waals surface area contributed by atoms with Crippen molar-refractivity contribution in [1.29, 1.82) is 0 Å². The number of nitrogens with one attached hydrogen (secondary N) is 1. The molecule has 1 amide bonds. The fourth-order valence-electron chi connectivity index (χ4n) is 2.93. The van der Waals surface area contributed by atoms with Crippen LogP contribution in [0.4, 0.5) is 13.2 Å². The molecule has 158 valence electrons. The normalized spacial score (nSPS) is 11.7. The third kappa shape index (κ3) is 5.18. The Morgan fingerprint density at radius 3 is 2.57 bits per heavy atom. The van der Waals surface area contributed by atoms with Crippen LogP contribution in [0.5, 0.6) is 0 Å². The lowest BCUT2D eigenvalue weighted by Crippen LogP contribution is -2.25. The highest BCUT2D eigenvalue weighted by Gasteiger charge is 2.32. The molecule has 3 aromatic rings. The van der Waals surface area contributed by atoms with Crippen LogP contribution >= 0.6 is 11.6 Å². The van der Waals surface area contributed by atoms with Crippen LogP contribution in [0.2, 0.25) is 5.02 Å². The van der Waals surface area contributed by atoms with E-state index < -0.39 is 17.6 Å². The number of hydrogen-bond acceptors (Lipinski definition) is 3. The van der Waals surface area contributed by atoms with Gasteiger partial charge in [-0.15, -0.1) is 0 Å². The third-order valence-corrected chi connectivity index (χ3v) is 4.60. The van der Waals surface area contributed by atoms with Crippen LogP contribution in [0.3, 0.4) is 0 Å². The second kappa shape index (κ2) is 8.87. The van der Waals surface area contributed by atoms with Crippen molar-refractivity contribution in [3.63, 3.8) is 0 Å². The van der Waals surface area contributed by atoms with Gasteiger partial charge in [0.1, 0.15) is 5.69 Å². The fourth-order valence-corrected chi connectivity index (χ4v) is 3.18. The molecule has 0 saturated heterocycles. The molecule has 0 saturated carbocycles. The first-order chi connectivity index (χ1) is 14.1. The van der Waals surface area contributed by atoms with Crippen LogP contribution in [0.25, 0.3) is 5.82 Å². The second-order valence-electron chi connectivity index (χ2n) is 7.23. The van der Waals surface area contributed by atoms with Gasteiger partial charge in [-0.1, -0.05) is 31.5 Å². The quantitative estimate of drug-likeness (QED) is 0.587. The van der Waals surface area contributed by atoms with Crippen LogP contribution in [0.1, 0.15) is 41.2 Å². The fraction of sp³-hybridized carbons (Fsp3) is 0.286. The lowest BCUT2D eigenvalue weighted by Gasteiger charge is -2.12. The molecule has 0 bridgehead atoms. The van der Waals surface area contributed by atoms with E-state index in [2.05, 4.69) is 29.1 Å². The molecular formula is C21H20ClF3N4O. The van der Waals surface area contributed by atoms with Crippen LogP contribution < -0.4 is 5.32 Å². The Bertz CT molecular complexity index is 1030. The van der Waals surface area contributed by atoms with E-state index in [0.29, 0.717) is 17.8 Å². The average Bonchev–Trinajstić information content (AvgIpc) is 3.15. The van der Waals surface area contributed by atoms with Gasteiger partial charge in [0, 0.05) is 18.6 Å². The number of halogens is 4. The summed E-state index contributed by atoms with van der Waals surface area (Å²) in [5.41, 5.74) is 1.05. The number of nitrogens with zero attached hydrogens (tertiary/aromatic N) is 3. The Kier molecular flexibility index (Phi) is 6.45. The number of carbonyl (C=O) groups excluding carboxylic acids is 1. The standard InChI is InChI=1S/C21H20ClF3N4O/c1-13(2)8-14-5-6-16(26-10-14)12-28-20(30)18-4-3-7-29(18)19-17(22)9-15(11-27-19)21(23,24)25/h3-7,9-11,13H,8,12H2,1-2H3,(H,28,30). The molecular weight excluding hydrogens is 417 g/mol. The molecule has 1 N–H and O–H groups in total. The number of carbonyl (C=O) groups is 1. The summed E-state index contributed by atoms with van der Waals surface area (Å²) >= 11 is 6.00. The molecule has 0 spiro atoms. The maximum absolute atomic E-state index is 12.8. The van der Waals surface area contributed by atoms with Gasteiger partial charge in [-0.05, 0) is 42.2 Å². The molecule has 0 radical (unpaired) electrons. The summed E-state index contributed by atoms with van der Waals surface area (Å²) in [5.74, 6) is 0.137. The van der Waals surface area contributed by atoms with Crippen molar-refractivity contribution in [2.75, 3.05) is 0 Å². The molecule has 3 heterocycles. The number of rotatable bonds is 6. The van der Waals surface area contributed by atoms with Gasteiger partial charge in [0.2, 0.25) is 0 Å². The first kappa shape index (κ1) is 21.8. The largest absolute Gasteiger partial charge is 0.417 e. The maximum Gasteiger partial charge on any atom is 0.417 e. The Morgan fingerprint density at radius 2 is 1.97 bits per heavy atom. The van der Waals surface area contributed by atoms with Crippen LogP contribution in [0, 0.1) is 5.92 Å². The molecule has 9 heteroatoms. The van der Waals surface area contributed by atoms with Gasteiger partial charge in [-0.3, -0.25) is 14.3 Å². The lowest BCUT2D eigenvalue weighted by atomic mass is 10.0. The molecule has 0 aliphatic rings. The Balaban J connectivity index is 1.73. The van der Waals surface area contributed by atoms with Crippen molar-refractivity contribution in [3.8, 4) is 5.82 Å². The summed E-state index contributed by atoms with van der Waals surface area (Å²) in [4.78, 5) is 20.8. The SMILES string of the molecule is CC(C)Cc1ccc(CNC(=O)c2cccn2-c2ncc(C(F)(F)F)cc2Cl)nc1. The van der Waals surface area contributed by atoms with Crippen molar-refractivity contribution in [2.24, 2.45) is 5.92 Å². The predicted molar refractivity (Wildman–Crippen MR) is 108 cm³/mol. The molecule has 0 aliphatic carbocycles. The van der Waals surface area contributed by atoms with Gasteiger partial charge in [0.25, 0.3) is 5.91 Å². The Labute approximate surface area is 176 Å². The second-order valence-corrected chi connectivity index (χ2v) is 7.64. The van der Waals surface area contributed by atoms with E-state index in [9.17, 15) is 18.0 Å². The predicted octanol–water partition coefficient (Wildman–Crippen LogP) is 5.07.